The van der Waals surface area contributed by atoms with Crippen LogP contribution in [0.25, 0.3) is 0 Å². The third kappa shape index (κ3) is 3.68. The van der Waals surface area contributed by atoms with Gasteiger partial charge in [0.15, 0.2) is 0 Å². The minimum atomic E-state index is -0.807. The summed E-state index contributed by atoms with van der Waals surface area (Å²) < 4.78 is 17.4. The molecule has 3 unspecified atom stereocenters. The van der Waals surface area contributed by atoms with Gasteiger partial charge in [0, 0.05) is 25.0 Å². The Morgan fingerprint density at radius 1 is 1.38 bits per heavy atom. The first-order valence-electron chi connectivity index (χ1n) is 9.84. The van der Waals surface area contributed by atoms with Crippen LogP contribution in [0.3, 0.4) is 0 Å². The van der Waals surface area contributed by atoms with Gasteiger partial charge in [-0.1, -0.05) is 20.3 Å². The van der Waals surface area contributed by atoms with Crippen LogP contribution in [0, 0.1) is 0 Å². The molecule has 0 bridgehead atoms. The summed E-state index contributed by atoms with van der Waals surface area (Å²) in [6.07, 6.45) is 8.04. The van der Waals surface area contributed by atoms with Crippen molar-refractivity contribution in [2.24, 2.45) is 0 Å². The van der Waals surface area contributed by atoms with Crippen molar-refractivity contribution in [2.75, 3.05) is 6.61 Å². The number of rotatable bonds is 7. The lowest BCUT2D eigenvalue weighted by molar-refractivity contribution is 0.00877. The SMILES string of the molecule is CCCC1(c2c(O)cc(C(CC)CC3CCCO3)oc2=O)CC=C(C)O1. The summed E-state index contributed by atoms with van der Waals surface area (Å²) in [5, 5.41) is 10.7. The fourth-order valence-electron chi connectivity index (χ4n) is 4.29. The third-order valence-corrected chi connectivity index (χ3v) is 5.60. The Morgan fingerprint density at radius 2 is 2.19 bits per heavy atom. The predicted molar refractivity (Wildman–Crippen MR) is 99.3 cm³/mol. The summed E-state index contributed by atoms with van der Waals surface area (Å²) >= 11 is 0. The van der Waals surface area contributed by atoms with Crippen molar-refractivity contribution in [2.45, 2.75) is 83.3 Å². The van der Waals surface area contributed by atoms with E-state index in [1.54, 1.807) is 6.07 Å². The largest absolute Gasteiger partial charge is 0.507 e. The average Bonchev–Trinajstić information content (AvgIpc) is 3.22. The van der Waals surface area contributed by atoms with Crippen molar-refractivity contribution in [1.29, 1.82) is 0 Å². The first kappa shape index (κ1) is 19.0. The van der Waals surface area contributed by atoms with Crippen molar-refractivity contribution < 1.29 is 19.0 Å². The van der Waals surface area contributed by atoms with Crippen LogP contribution in [-0.4, -0.2) is 17.8 Å². The fraction of sp³-hybridized carbons (Fsp3) is 0.667. The van der Waals surface area contributed by atoms with E-state index in [2.05, 4.69) is 6.92 Å². The van der Waals surface area contributed by atoms with E-state index in [0.29, 0.717) is 18.6 Å². The maximum absolute atomic E-state index is 12.8. The van der Waals surface area contributed by atoms with Crippen LogP contribution >= 0.6 is 0 Å². The van der Waals surface area contributed by atoms with Gasteiger partial charge in [0.25, 0.3) is 0 Å². The van der Waals surface area contributed by atoms with E-state index in [1.165, 1.54) is 0 Å². The van der Waals surface area contributed by atoms with E-state index in [0.717, 1.165) is 44.5 Å². The zero-order valence-electron chi connectivity index (χ0n) is 16.0. The van der Waals surface area contributed by atoms with Crippen molar-refractivity contribution >= 4 is 0 Å². The highest BCUT2D eigenvalue weighted by atomic mass is 16.5. The predicted octanol–water partition coefficient (Wildman–Crippen LogP) is 4.73. The van der Waals surface area contributed by atoms with Crippen molar-refractivity contribution in [3.63, 3.8) is 0 Å². The first-order chi connectivity index (χ1) is 12.5. The van der Waals surface area contributed by atoms with E-state index >= 15 is 0 Å². The minimum absolute atomic E-state index is 0.0152. The van der Waals surface area contributed by atoms with E-state index < -0.39 is 11.2 Å². The molecule has 144 valence electrons. The van der Waals surface area contributed by atoms with Crippen LogP contribution < -0.4 is 5.63 Å². The number of hydrogen-bond donors (Lipinski definition) is 1. The monoisotopic (exact) mass is 362 g/mol. The first-order valence-corrected chi connectivity index (χ1v) is 9.84. The molecule has 0 radical (unpaired) electrons. The summed E-state index contributed by atoms with van der Waals surface area (Å²) in [5.74, 6) is 1.38. The van der Waals surface area contributed by atoms with Crippen LogP contribution in [-0.2, 0) is 15.1 Å². The van der Waals surface area contributed by atoms with Crippen LogP contribution in [0.5, 0.6) is 5.75 Å². The molecule has 2 aliphatic heterocycles. The van der Waals surface area contributed by atoms with Crippen LogP contribution in [0.15, 0.2) is 27.1 Å². The maximum Gasteiger partial charge on any atom is 0.347 e. The summed E-state index contributed by atoms with van der Waals surface area (Å²) in [6.45, 7) is 6.79. The normalized spacial score (nSPS) is 26.6. The molecule has 26 heavy (non-hydrogen) atoms. The van der Waals surface area contributed by atoms with Crippen LogP contribution in [0.4, 0.5) is 0 Å². The zero-order chi connectivity index (χ0) is 18.7. The Kier molecular flexibility index (Phi) is 5.76. The molecule has 1 fully saturated rings. The number of ether oxygens (including phenoxy) is 2. The molecule has 1 N–H and O–H groups in total. The molecule has 0 spiro atoms. The highest BCUT2D eigenvalue weighted by Crippen LogP contribution is 2.44. The average molecular weight is 362 g/mol. The van der Waals surface area contributed by atoms with Gasteiger partial charge in [-0.05, 0) is 45.1 Å². The molecule has 2 aliphatic rings. The van der Waals surface area contributed by atoms with Gasteiger partial charge in [-0.2, -0.15) is 0 Å². The van der Waals surface area contributed by atoms with Crippen molar-refractivity contribution in [3.05, 3.63) is 39.6 Å². The Morgan fingerprint density at radius 3 is 2.73 bits per heavy atom. The number of hydrogen-bond acceptors (Lipinski definition) is 5. The lowest BCUT2D eigenvalue weighted by Gasteiger charge is -2.29. The van der Waals surface area contributed by atoms with Crippen LogP contribution in [0.1, 0.15) is 83.0 Å². The Balaban J connectivity index is 1.91. The van der Waals surface area contributed by atoms with Gasteiger partial charge in [0.05, 0.1) is 11.9 Å². The maximum atomic E-state index is 12.8. The summed E-state index contributed by atoms with van der Waals surface area (Å²) in [7, 11) is 0. The highest BCUT2D eigenvalue weighted by Gasteiger charge is 2.42. The summed E-state index contributed by atoms with van der Waals surface area (Å²) in [6, 6.07) is 1.62. The summed E-state index contributed by atoms with van der Waals surface area (Å²) in [4.78, 5) is 12.8. The number of aromatic hydroxyl groups is 1. The highest BCUT2D eigenvalue weighted by molar-refractivity contribution is 5.38. The molecule has 0 amide bonds. The Hall–Kier alpha value is -1.75. The standard InChI is InChI=1S/C21H30O5/c1-4-9-21(10-8-14(3)26-21)19-17(22)13-18(25-20(19)23)15(5-2)12-16-7-6-11-24-16/h8,13,15-16,22H,4-7,9-12H2,1-3H3. The van der Waals surface area contributed by atoms with Gasteiger partial charge in [0.2, 0.25) is 0 Å². The molecule has 1 aromatic heterocycles. The molecular weight excluding hydrogens is 332 g/mol. The molecule has 5 nitrogen and oxygen atoms in total. The lowest BCUT2D eigenvalue weighted by Crippen LogP contribution is -2.32. The molecule has 0 aromatic carbocycles. The molecule has 5 heteroatoms. The topological polar surface area (TPSA) is 68.9 Å². The molecule has 1 aromatic rings. The van der Waals surface area contributed by atoms with E-state index in [9.17, 15) is 9.90 Å². The van der Waals surface area contributed by atoms with Gasteiger partial charge in [0.1, 0.15) is 22.7 Å². The quantitative estimate of drug-likeness (QED) is 0.759. The lowest BCUT2D eigenvalue weighted by atomic mass is 9.86. The number of allylic oxidation sites excluding steroid dienone is 1. The minimum Gasteiger partial charge on any atom is -0.507 e. The fourth-order valence-corrected chi connectivity index (χ4v) is 4.29. The molecular formula is C21H30O5. The molecule has 3 rings (SSSR count). The smallest absolute Gasteiger partial charge is 0.347 e. The van der Waals surface area contributed by atoms with Gasteiger partial charge in [-0.25, -0.2) is 4.79 Å². The summed E-state index contributed by atoms with van der Waals surface area (Å²) in [5.41, 5.74) is -1.04. The molecule has 3 atom stereocenters. The van der Waals surface area contributed by atoms with Crippen molar-refractivity contribution in [3.8, 4) is 5.75 Å². The van der Waals surface area contributed by atoms with Gasteiger partial charge < -0.3 is 19.0 Å². The van der Waals surface area contributed by atoms with Gasteiger partial charge in [-0.3, -0.25) is 0 Å². The second kappa shape index (κ2) is 7.87. The molecule has 0 aliphatic carbocycles. The Labute approximate surface area is 155 Å². The molecule has 3 heterocycles. The van der Waals surface area contributed by atoms with E-state index in [-0.39, 0.29) is 23.3 Å². The van der Waals surface area contributed by atoms with Crippen LogP contribution in [0.2, 0.25) is 0 Å². The third-order valence-electron chi connectivity index (χ3n) is 5.60. The molecule has 1 saturated heterocycles. The van der Waals surface area contributed by atoms with Crippen molar-refractivity contribution in [1.82, 2.24) is 0 Å². The zero-order valence-corrected chi connectivity index (χ0v) is 16.0. The van der Waals surface area contributed by atoms with Gasteiger partial charge >= 0.3 is 5.63 Å². The Bertz CT molecular complexity index is 714. The second-order valence-electron chi connectivity index (χ2n) is 7.54. The van der Waals surface area contributed by atoms with E-state index in [4.69, 9.17) is 13.9 Å². The van der Waals surface area contributed by atoms with Gasteiger partial charge in [-0.15, -0.1) is 0 Å². The second-order valence-corrected chi connectivity index (χ2v) is 7.54. The molecule has 0 saturated carbocycles. The van der Waals surface area contributed by atoms with E-state index in [1.807, 2.05) is 19.9 Å².